The van der Waals surface area contributed by atoms with Crippen LogP contribution in [0.3, 0.4) is 0 Å². The second kappa shape index (κ2) is 9.37. The predicted octanol–water partition coefficient (Wildman–Crippen LogP) is 3.10. The van der Waals surface area contributed by atoms with Crippen molar-refractivity contribution >= 4 is 0 Å². The van der Waals surface area contributed by atoms with Gasteiger partial charge in [-0.2, -0.15) is 0 Å². The molecule has 2 nitrogen and oxygen atoms in total. The largest absolute Gasteiger partial charge is 0.383 e. The van der Waals surface area contributed by atoms with Gasteiger partial charge in [-0.25, -0.2) is 0 Å². The van der Waals surface area contributed by atoms with Crippen LogP contribution in [0.5, 0.6) is 0 Å². The van der Waals surface area contributed by atoms with E-state index in [0.29, 0.717) is 0 Å². The molecule has 2 heteroatoms. The van der Waals surface area contributed by atoms with E-state index in [9.17, 15) is 0 Å². The van der Waals surface area contributed by atoms with Crippen LogP contribution in [0, 0.1) is 6.92 Å². The summed E-state index contributed by atoms with van der Waals surface area (Å²) in [4.78, 5) is 2.26. The van der Waals surface area contributed by atoms with Gasteiger partial charge in [0.05, 0.1) is 6.61 Å². The van der Waals surface area contributed by atoms with Crippen molar-refractivity contribution in [2.75, 3.05) is 27.3 Å². The average Bonchev–Trinajstić information content (AvgIpc) is 2.32. The molecule has 0 aromatic heterocycles. The molecule has 92 valence electrons. The highest BCUT2D eigenvalue weighted by Crippen LogP contribution is 2.05. The fourth-order valence-corrected chi connectivity index (χ4v) is 1.33. The number of ether oxygens (including phenoxy) is 1. The molecule has 0 bridgehead atoms. The predicted molar refractivity (Wildman–Crippen MR) is 70.7 cm³/mol. The summed E-state index contributed by atoms with van der Waals surface area (Å²) in [6.07, 6.45) is 0. The van der Waals surface area contributed by atoms with Gasteiger partial charge in [-0.3, -0.25) is 4.90 Å². The first-order valence-corrected chi connectivity index (χ1v) is 5.95. The standard InChI is InChI=1S/C12H19NO.C2H6/c1-11-4-6-12(7-5-11)10-13(2)8-9-14-3;1-2/h4-7H,8-10H2,1-3H3;1-2H3. The summed E-state index contributed by atoms with van der Waals surface area (Å²) in [6, 6.07) is 8.66. The van der Waals surface area contributed by atoms with Gasteiger partial charge in [0.1, 0.15) is 0 Å². The lowest BCUT2D eigenvalue weighted by Crippen LogP contribution is -2.22. The zero-order valence-corrected chi connectivity index (χ0v) is 11.3. The molecule has 0 aliphatic rings. The van der Waals surface area contributed by atoms with Crippen LogP contribution >= 0.6 is 0 Å². The van der Waals surface area contributed by atoms with Gasteiger partial charge < -0.3 is 4.74 Å². The van der Waals surface area contributed by atoms with E-state index in [-0.39, 0.29) is 0 Å². The minimum atomic E-state index is 0.794. The highest BCUT2D eigenvalue weighted by atomic mass is 16.5. The Balaban J connectivity index is 0.00000106. The molecule has 0 aliphatic heterocycles. The third kappa shape index (κ3) is 6.59. The summed E-state index contributed by atoms with van der Waals surface area (Å²) >= 11 is 0. The van der Waals surface area contributed by atoms with Crippen molar-refractivity contribution in [3.63, 3.8) is 0 Å². The Morgan fingerprint density at radius 1 is 1.12 bits per heavy atom. The van der Waals surface area contributed by atoms with Gasteiger partial charge in [0.15, 0.2) is 0 Å². The number of aryl methyl sites for hydroxylation is 1. The molecule has 0 fully saturated rings. The molecule has 1 aromatic carbocycles. The summed E-state index contributed by atoms with van der Waals surface area (Å²) in [5.74, 6) is 0. The maximum atomic E-state index is 5.03. The zero-order valence-electron chi connectivity index (χ0n) is 11.3. The van der Waals surface area contributed by atoms with Crippen molar-refractivity contribution < 1.29 is 4.74 Å². The first kappa shape index (κ1) is 15.1. The zero-order chi connectivity index (χ0) is 12.4. The Hall–Kier alpha value is -0.860. The summed E-state index contributed by atoms with van der Waals surface area (Å²) in [5, 5.41) is 0. The summed E-state index contributed by atoms with van der Waals surface area (Å²) in [6.45, 7) is 8.87. The van der Waals surface area contributed by atoms with Gasteiger partial charge in [0.2, 0.25) is 0 Å². The number of hydrogen-bond acceptors (Lipinski definition) is 2. The Morgan fingerprint density at radius 3 is 2.19 bits per heavy atom. The minimum absolute atomic E-state index is 0.794. The molecular formula is C14H25NO. The summed E-state index contributed by atoms with van der Waals surface area (Å²) in [7, 11) is 3.85. The van der Waals surface area contributed by atoms with Gasteiger partial charge in [0, 0.05) is 20.2 Å². The number of rotatable bonds is 5. The first-order valence-electron chi connectivity index (χ1n) is 5.95. The van der Waals surface area contributed by atoms with Crippen LogP contribution in [0.25, 0.3) is 0 Å². The van der Waals surface area contributed by atoms with Gasteiger partial charge in [-0.1, -0.05) is 43.7 Å². The van der Waals surface area contributed by atoms with Crippen molar-refractivity contribution in [3.8, 4) is 0 Å². The first-order chi connectivity index (χ1) is 7.72. The summed E-state index contributed by atoms with van der Waals surface area (Å²) < 4.78 is 5.03. The van der Waals surface area contributed by atoms with E-state index < -0.39 is 0 Å². The third-order valence-electron chi connectivity index (χ3n) is 2.25. The molecule has 0 radical (unpaired) electrons. The van der Waals surface area contributed by atoms with Crippen molar-refractivity contribution in [2.24, 2.45) is 0 Å². The Kier molecular flexibility index (Phi) is 8.87. The maximum Gasteiger partial charge on any atom is 0.0589 e. The van der Waals surface area contributed by atoms with Crippen LogP contribution in [0.15, 0.2) is 24.3 Å². The monoisotopic (exact) mass is 223 g/mol. The molecule has 0 spiro atoms. The molecule has 1 rings (SSSR count). The lowest BCUT2D eigenvalue weighted by Gasteiger charge is -2.15. The Bertz CT molecular complexity index is 256. The average molecular weight is 223 g/mol. The molecule has 0 unspecified atom stereocenters. The lowest BCUT2D eigenvalue weighted by atomic mass is 10.1. The maximum absolute atomic E-state index is 5.03. The molecule has 1 aromatic rings. The quantitative estimate of drug-likeness (QED) is 0.760. The van der Waals surface area contributed by atoms with E-state index in [0.717, 1.165) is 19.7 Å². The number of hydrogen-bond donors (Lipinski definition) is 0. The molecule has 16 heavy (non-hydrogen) atoms. The van der Waals surface area contributed by atoms with Crippen LogP contribution in [-0.4, -0.2) is 32.2 Å². The molecule has 0 aliphatic carbocycles. The molecule has 0 saturated heterocycles. The van der Waals surface area contributed by atoms with Gasteiger partial charge in [0.25, 0.3) is 0 Å². The SMILES string of the molecule is CC.COCCN(C)Cc1ccc(C)cc1. The van der Waals surface area contributed by atoms with E-state index in [4.69, 9.17) is 4.74 Å². The summed E-state index contributed by atoms with van der Waals surface area (Å²) in [5.41, 5.74) is 2.67. The van der Waals surface area contributed by atoms with Crippen LogP contribution < -0.4 is 0 Å². The van der Waals surface area contributed by atoms with Crippen LogP contribution in [0.1, 0.15) is 25.0 Å². The number of methoxy groups -OCH3 is 1. The van der Waals surface area contributed by atoms with Crippen molar-refractivity contribution in [1.29, 1.82) is 0 Å². The van der Waals surface area contributed by atoms with Crippen molar-refractivity contribution in [3.05, 3.63) is 35.4 Å². The third-order valence-corrected chi connectivity index (χ3v) is 2.25. The highest BCUT2D eigenvalue weighted by molar-refractivity contribution is 5.21. The molecule has 0 atom stereocenters. The van der Waals surface area contributed by atoms with Crippen molar-refractivity contribution in [1.82, 2.24) is 4.90 Å². The Labute approximate surface area is 100 Å². The van der Waals surface area contributed by atoms with Gasteiger partial charge in [-0.05, 0) is 19.5 Å². The van der Waals surface area contributed by atoms with E-state index in [1.807, 2.05) is 13.8 Å². The number of likely N-dealkylation sites (N-methyl/N-ethyl adjacent to an activating group) is 1. The molecule has 0 amide bonds. The molecule has 0 N–H and O–H groups in total. The van der Waals surface area contributed by atoms with Gasteiger partial charge >= 0.3 is 0 Å². The molecule has 0 saturated carbocycles. The van der Waals surface area contributed by atoms with Crippen LogP contribution in [-0.2, 0) is 11.3 Å². The highest BCUT2D eigenvalue weighted by Gasteiger charge is 1.98. The number of benzene rings is 1. The molecule has 0 heterocycles. The fraction of sp³-hybridized carbons (Fsp3) is 0.571. The lowest BCUT2D eigenvalue weighted by molar-refractivity contribution is 0.158. The second-order valence-corrected chi connectivity index (χ2v) is 3.72. The van der Waals surface area contributed by atoms with E-state index in [1.165, 1.54) is 11.1 Å². The van der Waals surface area contributed by atoms with Crippen LogP contribution in [0.4, 0.5) is 0 Å². The van der Waals surface area contributed by atoms with Crippen LogP contribution in [0.2, 0.25) is 0 Å². The van der Waals surface area contributed by atoms with Crippen molar-refractivity contribution in [2.45, 2.75) is 27.3 Å². The molecular weight excluding hydrogens is 198 g/mol. The fourth-order valence-electron chi connectivity index (χ4n) is 1.33. The van der Waals surface area contributed by atoms with E-state index >= 15 is 0 Å². The van der Waals surface area contributed by atoms with Gasteiger partial charge in [-0.15, -0.1) is 0 Å². The smallest absolute Gasteiger partial charge is 0.0589 e. The van der Waals surface area contributed by atoms with E-state index in [1.54, 1.807) is 7.11 Å². The second-order valence-electron chi connectivity index (χ2n) is 3.72. The normalized spacial score (nSPS) is 9.88. The number of nitrogens with zero attached hydrogens (tertiary/aromatic N) is 1. The topological polar surface area (TPSA) is 12.5 Å². The minimum Gasteiger partial charge on any atom is -0.383 e. The Morgan fingerprint density at radius 2 is 1.69 bits per heavy atom. The van der Waals surface area contributed by atoms with E-state index in [2.05, 4.69) is 43.1 Å².